The molecule has 208 valence electrons. The number of rotatable bonds is 8. The van der Waals surface area contributed by atoms with Crippen molar-refractivity contribution in [2.24, 2.45) is 0 Å². The quantitative estimate of drug-likeness (QED) is 0.462. The summed E-state index contributed by atoms with van der Waals surface area (Å²) in [6.45, 7) is 2.07. The van der Waals surface area contributed by atoms with Crippen LogP contribution in [0.1, 0.15) is 31.2 Å². The second kappa shape index (κ2) is 12.3. The van der Waals surface area contributed by atoms with E-state index in [1.54, 1.807) is 12.3 Å². The lowest BCUT2D eigenvalue weighted by Gasteiger charge is -2.30. The van der Waals surface area contributed by atoms with E-state index in [2.05, 4.69) is 25.3 Å². The maximum absolute atomic E-state index is 12.7. The van der Waals surface area contributed by atoms with Gasteiger partial charge < -0.3 is 39.6 Å². The molecule has 0 spiro atoms. The number of aromatic nitrogens is 2. The first-order chi connectivity index (χ1) is 18.2. The lowest BCUT2D eigenvalue weighted by molar-refractivity contribution is -0.274. The first-order valence-corrected chi connectivity index (χ1v) is 12.2. The largest absolute Gasteiger partial charge is 0.573 e. The van der Waals surface area contributed by atoms with Gasteiger partial charge in [0.1, 0.15) is 17.6 Å². The minimum absolute atomic E-state index is 0.0312. The molecule has 11 nitrogen and oxygen atoms in total. The number of halogens is 3. The van der Waals surface area contributed by atoms with Crippen molar-refractivity contribution < 1.29 is 42.0 Å². The van der Waals surface area contributed by atoms with E-state index in [0.717, 1.165) is 25.2 Å². The average molecular weight is 542 g/mol. The molecule has 1 aromatic heterocycles. The number of aliphatic hydroxyl groups is 1. The van der Waals surface area contributed by atoms with Crippen LogP contribution in [0.4, 0.5) is 29.6 Å². The van der Waals surface area contributed by atoms with Crippen molar-refractivity contribution in [3.63, 3.8) is 0 Å². The van der Waals surface area contributed by atoms with E-state index in [1.165, 1.54) is 7.11 Å². The smallest absolute Gasteiger partial charge is 0.494 e. The molecule has 4 rings (SSSR count). The zero-order chi connectivity index (χ0) is 27.1. The highest BCUT2D eigenvalue weighted by molar-refractivity contribution is 5.91. The predicted octanol–water partition coefficient (Wildman–Crippen LogP) is 3.22. The van der Waals surface area contributed by atoms with Crippen LogP contribution in [-0.4, -0.2) is 73.0 Å². The van der Waals surface area contributed by atoms with Gasteiger partial charge in [-0.15, -0.1) is 13.2 Å². The number of methoxy groups -OCH3 is 1. The van der Waals surface area contributed by atoms with Crippen molar-refractivity contribution in [3.8, 4) is 17.4 Å². The molecule has 2 aromatic rings. The Labute approximate surface area is 217 Å². The van der Waals surface area contributed by atoms with Crippen molar-refractivity contribution in [2.45, 2.75) is 50.8 Å². The van der Waals surface area contributed by atoms with E-state index < -0.39 is 24.7 Å². The number of amides is 2. The minimum atomic E-state index is -4.93. The molecule has 14 heteroatoms. The molecule has 1 saturated heterocycles. The van der Waals surface area contributed by atoms with E-state index >= 15 is 0 Å². The Kier molecular flexibility index (Phi) is 8.94. The van der Waals surface area contributed by atoms with Crippen LogP contribution in [-0.2, 0) is 11.3 Å². The lowest BCUT2D eigenvalue weighted by Crippen LogP contribution is -2.42. The second-order valence-electron chi connectivity index (χ2n) is 8.85. The van der Waals surface area contributed by atoms with Crippen LogP contribution in [0.3, 0.4) is 0 Å². The van der Waals surface area contributed by atoms with Crippen molar-refractivity contribution >= 4 is 17.7 Å². The summed E-state index contributed by atoms with van der Waals surface area (Å²) in [5.74, 6) is 0.540. The molecule has 2 aliphatic rings. The summed E-state index contributed by atoms with van der Waals surface area (Å²) in [6.07, 6.45) is -0.727. The SMILES string of the molecule is COc1c(CO)cc(OC(F)(F)F)cc1NC(=O)N[C@H]1CC[C@H](Oc2ccnc(N3CCOCC3)n2)CC1. The summed E-state index contributed by atoms with van der Waals surface area (Å²) in [4.78, 5) is 23.5. The number of anilines is 2. The van der Waals surface area contributed by atoms with Gasteiger partial charge in [-0.05, 0) is 31.7 Å². The fourth-order valence-electron chi connectivity index (χ4n) is 4.46. The number of morpholine rings is 1. The third-order valence-corrected chi connectivity index (χ3v) is 6.20. The number of nitrogens with zero attached hydrogens (tertiary/aromatic N) is 3. The summed E-state index contributed by atoms with van der Waals surface area (Å²) in [6, 6.07) is 2.92. The van der Waals surface area contributed by atoms with Crippen LogP contribution in [0.2, 0.25) is 0 Å². The molecule has 1 saturated carbocycles. The van der Waals surface area contributed by atoms with E-state index in [4.69, 9.17) is 14.2 Å². The Morgan fingerprint density at radius 1 is 1.21 bits per heavy atom. The van der Waals surface area contributed by atoms with Gasteiger partial charge in [0.25, 0.3) is 0 Å². The molecule has 2 amide bonds. The highest BCUT2D eigenvalue weighted by Crippen LogP contribution is 2.36. The van der Waals surface area contributed by atoms with Crippen molar-refractivity contribution in [1.29, 1.82) is 0 Å². The minimum Gasteiger partial charge on any atom is -0.494 e. The van der Waals surface area contributed by atoms with E-state index in [-0.39, 0.29) is 29.1 Å². The number of hydrogen-bond acceptors (Lipinski definition) is 9. The molecule has 1 aliphatic carbocycles. The van der Waals surface area contributed by atoms with Crippen molar-refractivity contribution in [1.82, 2.24) is 15.3 Å². The Morgan fingerprint density at radius 3 is 2.61 bits per heavy atom. The van der Waals surface area contributed by atoms with Crippen LogP contribution < -0.4 is 29.7 Å². The zero-order valence-corrected chi connectivity index (χ0v) is 20.8. The molecule has 1 aromatic carbocycles. The number of urea groups is 1. The third kappa shape index (κ3) is 7.51. The van der Waals surface area contributed by atoms with Crippen LogP contribution in [0.25, 0.3) is 0 Å². The van der Waals surface area contributed by atoms with E-state index in [9.17, 15) is 23.1 Å². The van der Waals surface area contributed by atoms with Crippen LogP contribution in [0, 0.1) is 0 Å². The number of nitrogens with one attached hydrogen (secondary N) is 2. The normalized spacial score (nSPS) is 20.0. The fourth-order valence-corrected chi connectivity index (χ4v) is 4.46. The van der Waals surface area contributed by atoms with Gasteiger partial charge in [0.2, 0.25) is 11.8 Å². The first kappa shape index (κ1) is 27.5. The number of hydrogen-bond donors (Lipinski definition) is 3. The Hall–Kier alpha value is -3.52. The maximum Gasteiger partial charge on any atom is 0.573 e. The Balaban J connectivity index is 1.30. The maximum atomic E-state index is 12.7. The highest BCUT2D eigenvalue weighted by Gasteiger charge is 2.32. The van der Waals surface area contributed by atoms with Gasteiger partial charge >= 0.3 is 12.4 Å². The number of carbonyl (C=O) groups excluding carboxylic acids is 1. The third-order valence-electron chi connectivity index (χ3n) is 6.20. The molecule has 0 bridgehead atoms. The molecular formula is C24H30F3N5O6. The molecule has 2 fully saturated rings. The molecule has 1 aliphatic heterocycles. The van der Waals surface area contributed by atoms with Gasteiger partial charge in [-0.2, -0.15) is 4.98 Å². The molecule has 0 unspecified atom stereocenters. The summed E-state index contributed by atoms with van der Waals surface area (Å²) >= 11 is 0. The van der Waals surface area contributed by atoms with Gasteiger partial charge in [0, 0.05) is 43.0 Å². The number of carbonyl (C=O) groups is 1. The second-order valence-corrected chi connectivity index (χ2v) is 8.85. The average Bonchev–Trinajstić information content (AvgIpc) is 2.89. The molecule has 3 N–H and O–H groups in total. The summed E-state index contributed by atoms with van der Waals surface area (Å²) in [5.41, 5.74) is -0.0311. The molecular weight excluding hydrogens is 511 g/mol. The Morgan fingerprint density at radius 2 is 1.95 bits per heavy atom. The topological polar surface area (TPSA) is 127 Å². The van der Waals surface area contributed by atoms with Crippen molar-refractivity contribution in [2.75, 3.05) is 43.6 Å². The van der Waals surface area contributed by atoms with E-state index in [1.807, 2.05) is 4.90 Å². The molecule has 0 radical (unpaired) electrons. The summed E-state index contributed by atoms with van der Waals surface area (Å²) in [5, 5.41) is 14.9. The highest BCUT2D eigenvalue weighted by atomic mass is 19.4. The van der Waals surface area contributed by atoms with Crippen LogP contribution in [0.15, 0.2) is 24.4 Å². The molecule has 2 heterocycles. The van der Waals surface area contributed by atoms with Gasteiger partial charge in [-0.1, -0.05) is 0 Å². The number of ether oxygens (including phenoxy) is 4. The zero-order valence-electron chi connectivity index (χ0n) is 20.8. The van der Waals surface area contributed by atoms with Crippen LogP contribution >= 0.6 is 0 Å². The van der Waals surface area contributed by atoms with Gasteiger partial charge in [0.05, 0.1) is 32.6 Å². The Bertz CT molecular complexity index is 1090. The lowest BCUT2D eigenvalue weighted by atomic mass is 9.93. The number of benzene rings is 1. The van der Waals surface area contributed by atoms with Crippen LogP contribution in [0.5, 0.6) is 17.4 Å². The van der Waals surface area contributed by atoms with Gasteiger partial charge in [-0.3, -0.25) is 0 Å². The predicted molar refractivity (Wildman–Crippen MR) is 129 cm³/mol. The standard InChI is InChI=1S/C24H30F3N5O6/c1-35-21-15(14-33)12-18(38-24(25,26)27)13-19(21)30-23(34)29-16-2-4-17(5-3-16)37-20-6-7-28-22(31-20)32-8-10-36-11-9-32/h6-7,12-13,16-17,33H,2-5,8-11,14H2,1H3,(H2,29,30,34)/t16-,17-. The number of aliphatic hydroxyl groups excluding tert-OH is 1. The molecule has 38 heavy (non-hydrogen) atoms. The fraction of sp³-hybridized carbons (Fsp3) is 0.542. The van der Waals surface area contributed by atoms with Gasteiger partial charge in [0.15, 0.2) is 0 Å². The van der Waals surface area contributed by atoms with Gasteiger partial charge in [-0.25, -0.2) is 9.78 Å². The molecule has 0 atom stereocenters. The monoisotopic (exact) mass is 541 g/mol. The summed E-state index contributed by atoms with van der Waals surface area (Å²) < 4.78 is 58.7. The first-order valence-electron chi connectivity index (χ1n) is 12.2. The summed E-state index contributed by atoms with van der Waals surface area (Å²) in [7, 11) is 1.28. The van der Waals surface area contributed by atoms with Crippen molar-refractivity contribution in [3.05, 3.63) is 30.0 Å². The van der Waals surface area contributed by atoms with E-state index in [0.29, 0.717) is 50.7 Å². The number of alkyl halides is 3.